The molecule has 1 unspecified atom stereocenters. The summed E-state index contributed by atoms with van der Waals surface area (Å²) < 4.78 is 0. The molecule has 6 nitrogen and oxygen atoms in total. The van der Waals surface area contributed by atoms with Gasteiger partial charge in [-0.3, -0.25) is 0 Å². The topological polar surface area (TPSA) is 91.0 Å². The van der Waals surface area contributed by atoms with Gasteiger partial charge in [0.1, 0.15) is 0 Å². The molecule has 0 aliphatic carbocycles. The lowest BCUT2D eigenvalue weighted by atomic mass is 10.1. The molecule has 0 saturated carbocycles. The number of urea groups is 1. The van der Waals surface area contributed by atoms with E-state index >= 15 is 0 Å². The maximum absolute atomic E-state index is 12.1. The van der Waals surface area contributed by atoms with Crippen molar-refractivity contribution in [3.63, 3.8) is 0 Å². The Morgan fingerprint density at radius 1 is 1.39 bits per heavy atom. The molecule has 0 radical (unpaired) electrons. The van der Waals surface area contributed by atoms with Gasteiger partial charge in [0.25, 0.3) is 0 Å². The van der Waals surface area contributed by atoms with Gasteiger partial charge in [-0.05, 0) is 19.3 Å². The van der Waals surface area contributed by atoms with Crippen molar-refractivity contribution < 1.29 is 10.0 Å². The molecule has 1 aliphatic heterocycles. The lowest BCUT2D eigenvalue weighted by Gasteiger charge is -2.24. The molecule has 4 N–H and O–H groups in total. The predicted octanol–water partition coefficient (Wildman–Crippen LogP) is 1.49. The first-order valence-corrected chi connectivity index (χ1v) is 6.72. The number of nitrogens with zero attached hydrogens (tertiary/aromatic N) is 2. The molecule has 104 valence electrons. The van der Waals surface area contributed by atoms with Crippen LogP contribution in [0.3, 0.4) is 0 Å². The van der Waals surface area contributed by atoms with Crippen LogP contribution in [0, 0.1) is 0 Å². The van der Waals surface area contributed by atoms with E-state index in [1.807, 2.05) is 11.8 Å². The summed E-state index contributed by atoms with van der Waals surface area (Å²) in [5.74, 6) is 0.0695. The Morgan fingerprint density at radius 2 is 2.00 bits per heavy atom. The Hall–Kier alpha value is -1.46. The van der Waals surface area contributed by atoms with Crippen molar-refractivity contribution in [3.05, 3.63) is 0 Å². The van der Waals surface area contributed by atoms with Crippen molar-refractivity contribution in [1.29, 1.82) is 0 Å². The number of rotatable bonds is 4. The molecule has 0 aromatic rings. The van der Waals surface area contributed by atoms with E-state index in [9.17, 15) is 4.79 Å². The number of nitrogens with two attached hydrogens (primary N) is 1. The highest BCUT2D eigenvalue weighted by Gasteiger charge is 2.20. The minimum Gasteiger partial charge on any atom is -0.409 e. The fourth-order valence-electron chi connectivity index (χ4n) is 2.17. The van der Waals surface area contributed by atoms with Gasteiger partial charge in [0.15, 0.2) is 5.84 Å². The van der Waals surface area contributed by atoms with Crippen LogP contribution in [0.2, 0.25) is 0 Å². The zero-order valence-electron chi connectivity index (χ0n) is 11.1. The van der Waals surface area contributed by atoms with Crippen LogP contribution in [0.1, 0.15) is 45.4 Å². The van der Waals surface area contributed by atoms with Crippen LogP contribution < -0.4 is 11.1 Å². The molecule has 0 aromatic heterocycles. The summed E-state index contributed by atoms with van der Waals surface area (Å²) in [6, 6.07) is -0.488. The van der Waals surface area contributed by atoms with Crippen LogP contribution in [0.25, 0.3) is 0 Å². The average Bonchev–Trinajstić information content (AvgIpc) is 2.66. The van der Waals surface area contributed by atoms with Gasteiger partial charge in [0.2, 0.25) is 0 Å². The normalized spacial score (nSPS) is 19.2. The second-order valence-corrected chi connectivity index (χ2v) is 4.72. The summed E-state index contributed by atoms with van der Waals surface area (Å²) in [6.07, 6.45) is 6.01. The van der Waals surface area contributed by atoms with E-state index in [0.29, 0.717) is 6.42 Å². The van der Waals surface area contributed by atoms with E-state index in [0.717, 1.165) is 32.4 Å². The molecular formula is C12H24N4O2. The maximum atomic E-state index is 12.1. The SMILES string of the molecule is CCCC(NC(=O)N1CCCCCC1)C(N)=NO. The van der Waals surface area contributed by atoms with Crippen molar-refractivity contribution in [2.45, 2.75) is 51.5 Å². The lowest BCUT2D eigenvalue weighted by Crippen LogP contribution is -2.50. The number of hydrogen-bond acceptors (Lipinski definition) is 3. The predicted molar refractivity (Wildman–Crippen MR) is 70.7 cm³/mol. The monoisotopic (exact) mass is 256 g/mol. The molecule has 1 fully saturated rings. The van der Waals surface area contributed by atoms with Crippen LogP contribution in [0.4, 0.5) is 4.79 Å². The molecule has 1 heterocycles. The van der Waals surface area contributed by atoms with E-state index in [4.69, 9.17) is 10.9 Å². The van der Waals surface area contributed by atoms with Crippen LogP contribution in [-0.2, 0) is 0 Å². The quantitative estimate of drug-likeness (QED) is 0.308. The zero-order chi connectivity index (χ0) is 13.4. The van der Waals surface area contributed by atoms with Crippen molar-refractivity contribution in [2.24, 2.45) is 10.9 Å². The smallest absolute Gasteiger partial charge is 0.317 e. The molecule has 6 heteroatoms. The Bertz CT molecular complexity index is 286. The number of amidine groups is 1. The third-order valence-corrected chi connectivity index (χ3v) is 3.24. The number of carbonyl (C=O) groups excluding carboxylic acids is 1. The molecule has 1 saturated heterocycles. The van der Waals surface area contributed by atoms with Crippen molar-refractivity contribution in [2.75, 3.05) is 13.1 Å². The van der Waals surface area contributed by atoms with Gasteiger partial charge >= 0.3 is 6.03 Å². The minimum absolute atomic E-state index is 0.0695. The molecule has 1 atom stereocenters. The van der Waals surface area contributed by atoms with E-state index in [2.05, 4.69) is 10.5 Å². The second kappa shape index (κ2) is 7.79. The molecule has 0 spiro atoms. The van der Waals surface area contributed by atoms with Gasteiger partial charge in [0.05, 0.1) is 6.04 Å². The molecule has 2 amide bonds. The van der Waals surface area contributed by atoms with E-state index in [1.54, 1.807) is 0 Å². The molecular weight excluding hydrogens is 232 g/mol. The zero-order valence-corrected chi connectivity index (χ0v) is 11.1. The van der Waals surface area contributed by atoms with Crippen LogP contribution >= 0.6 is 0 Å². The van der Waals surface area contributed by atoms with E-state index in [1.165, 1.54) is 12.8 Å². The standard InChI is InChI=1S/C12H24N4O2/c1-2-7-10(11(13)15-18)14-12(17)16-8-5-3-4-6-9-16/h10,18H,2-9H2,1H3,(H2,13,15)(H,14,17). The molecule has 1 aliphatic rings. The highest BCUT2D eigenvalue weighted by atomic mass is 16.4. The van der Waals surface area contributed by atoms with Gasteiger partial charge in [-0.1, -0.05) is 31.3 Å². The van der Waals surface area contributed by atoms with Gasteiger partial charge in [-0.2, -0.15) is 0 Å². The number of carbonyl (C=O) groups is 1. The second-order valence-electron chi connectivity index (χ2n) is 4.72. The first-order valence-electron chi connectivity index (χ1n) is 6.72. The van der Waals surface area contributed by atoms with Crippen molar-refractivity contribution in [3.8, 4) is 0 Å². The van der Waals surface area contributed by atoms with Crippen LogP contribution in [0.5, 0.6) is 0 Å². The Balaban J connectivity index is 2.53. The lowest BCUT2D eigenvalue weighted by molar-refractivity contribution is 0.197. The fraction of sp³-hybridized carbons (Fsp3) is 0.833. The van der Waals surface area contributed by atoms with Gasteiger partial charge in [-0.15, -0.1) is 0 Å². The first-order chi connectivity index (χ1) is 8.69. The van der Waals surface area contributed by atoms with Gasteiger partial charge in [0, 0.05) is 13.1 Å². The maximum Gasteiger partial charge on any atom is 0.317 e. The number of nitrogens with one attached hydrogen (secondary N) is 1. The summed E-state index contributed by atoms with van der Waals surface area (Å²) in [5.41, 5.74) is 5.58. The third-order valence-electron chi connectivity index (χ3n) is 3.24. The molecule has 18 heavy (non-hydrogen) atoms. The summed E-state index contributed by atoms with van der Waals surface area (Å²) >= 11 is 0. The largest absolute Gasteiger partial charge is 0.409 e. The molecule has 1 rings (SSSR count). The highest BCUT2D eigenvalue weighted by molar-refractivity contribution is 5.89. The Labute approximate surface area is 108 Å². The average molecular weight is 256 g/mol. The summed E-state index contributed by atoms with van der Waals surface area (Å²) in [4.78, 5) is 13.9. The van der Waals surface area contributed by atoms with E-state index in [-0.39, 0.29) is 17.9 Å². The van der Waals surface area contributed by atoms with Crippen molar-refractivity contribution >= 4 is 11.9 Å². The summed E-state index contributed by atoms with van der Waals surface area (Å²) in [7, 11) is 0. The fourth-order valence-corrected chi connectivity index (χ4v) is 2.17. The summed E-state index contributed by atoms with van der Waals surface area (Å²) in [5, 5.41) is 14.5. The van der Waals surface area contributed by atoms with Crippen LogP contribution in [-0.4, -0.2) is 41.1 Å². The minimum atomic E-state index is -0.379. The molecule has 0 bridgehead atoms. The van der Waals surface area contributed by atoms with Crippen molar-refractivity contribution in [1.82, 2.24) is 10.2 Å². The van der Waals surface area contributed by atoms with Gasteiger partial charge in [-0.25, -0.2) is 4.79 Å². The third kappa shape index (κ3) is 4.43. The highest BCUT2D eigenvalue weighted by Crippen LogP contribution is 2.10. The Morgan fingerprint density at radius 3 is 2.50 bits per heavy atom. The van der Waals surface area contributed by atoms with E-state index < -0.39 is 0 Å². The van der Waals surface area contributed by atoms with Crippen LogP contribution in [0.15, 0.2) is 5.16 Å². The Kier molecular flexibility index (Phi) is 6.32. The first kappa shape index (κ1) is 14.6. The van der Waals surface area contributed by atoms with Gasteiger partial charge < -0.3 is 21.2 Å². The number of likely N-dealkylation sites (tertiary alicyclic amines) is 1. The number of oxime groups is 1. The summed E-state index contributed by atoms with van der Waals surface area (Å²) in [6.45, 7) is 3.58. The number of hydrogen-bond donors (Lipinski definition) is 3. The number of amides is 2. The molecule has 0 aromatic carbocycles.